The Morgan fingerprint density at radius 1 is 1.05 bits per heavy atom. The lowest BCUT2D eigenvalue weighted by molar-refractivity contribution is 0.0930. The number of carbonyl (C=O) groups excluding carboxylic acids is 1. The fourth-order valence-corrected chi connectivity index (χ4v) is 1.92. The molecule has 0 spiro atoms. The van der Waals surface area contributed by atoms with E-state index in [1.54, 1.807) is 12.1 Å². The van der Waals surface area contributed by atoms with E-state index in [1.807, 2.05) is 49.4 Å². The van der Waals surface area contributed by atoms with Gasteiger partial charge in [0.1, 0.15) is 12.4 Å². The van der Waals surface area contributed by atoms with Crippen LogP contribution in [0.4, 0.5) is 0 Å². The standard InChI is InChI=1S/C19H23NO2/c1-14(2)15(3)20-19(21)17-10-7-11-18(12-17)22-13-16-8-5-4-6-9-16/h4-12,14-15H,13H2,1-3H3,(H,20,21)/t15-/m1/s1. The third-order valence-electron chi connectivity index (χ3n) is 3.70. The van der Waals surface area contributed by atoms with Crippen LogP contribution < -0.4 is 10.1 Å². The minimum atomic E-state index is -0.0636. The molecule has 0 unspecified atom stereocenters. The average Bonchev–Trinajstić information content (AvgIpc) is 2.54. The third-order valence-corrected chi connectivity index (χ3v) is 3.70. The van der Waals surface area contributed by atoms with Crippen LogP contribution in [0.3, 0.4) is 0 Å². The number of benzene rings is 2. The molecule has 116 valence electrons. The van der Waals surface area contributed by atoms with Crippen LogP contribution in [0.5, 0.6) is 5.75 Å². The van der Waals surface area contributed by atoms with Gasteiger partial charge >= 0.3 is 0 Å². The van der Waals surface area contributed by atoms with E-state index >= 15 is 0 Å². The molecule has 1 N–H and O–H groups in total. The molecule has 2 rings (SSSR count). The van der Waals surface area contributed by atoms with Crippen molar-refractivity contribution in [2.75, 3.05) is 0 Å². The van der Waals surface area contributed by atoms with Gasteiger partial charge in [-0.15, -0.1) is 0 Å². The molecule has 3 heteroatoms. The average molecular weight is 297 g/mol. The smallest absolute Gasteiger partial charge is 0.251 e. The summed E-state index contributed by atoms with van der Waals surface area (Å²) in [5.41, 5.74) is 1.73. The Bertz CT molecular complexity index is 608. The summed E-state index contributed by atoms with van der Waals surface area (Å²) in [4.78, 5) is 12.2. The molecule has 0 aliphatic heterocycles. The molecule has 0 bridgehead atoms. The molecule has 0 saturated heterocycles. The van der Waals surface area contributed by atoms with Gasteiger partial charge in [-0.05, 0) is 36.6 Å². The van der Waals surface area contributed by atoms with Crippen molar-refractivity contribution in [2.24, 2.45) is 5.92 Å². The second-order valence-electron chi connectivity index (χ2n) is 5.81. The molecule has 22 heavy (non-hydrogen) atoms. The van der Waals surface area contributed by atoms with Gasteiger partial charge in [0.2, 0.25) is 0 Å². The summed E-state index contributed by atoms with van der Waals surface area (Å²) in [5, 5.41) is 3.00. The molecular formula is C19H23NO2. The van der Waals surface area contributed by atoms with Crippen LogP contribution in [-0.4, -0.2) is 11.9 Å². The van der Waals surface area contributed by atoms with Crippen molar-refractivity contribution in [3.05, 3.63) is 65.7 Å². The fourth-order valence-electron chi connectivity index (χ4n) is 1.92. The van der Waals surface area contributed by atoms with Gasteiger partial charge in [-0.25, -0.2) is 0 Å². The molecular weight excluding hydrogens is 274 g/mol. The van der Waals surface area contributed by atoms with E-state index in [1.165, 1.54) is 0 Å². The number of hydrogen-bond acceptors (Lipinski definition) is 2. The Kier molecular flexibility index (Phi) is 5.59. The second-order valence-corrected chi connectivity index (χ2v) is 5.81. The van der Waals surface area contributed by atoms with Gasteiger partial charge in [-0.2, -0.15) is 0 Å². The van der Waals surface area contributed by atoms with Crippen molar-refractivity contribution < 1.29 is 9.53 Å². The predicted octanol–water partition coefficient (Wildman–Crippen LogP) is 4.04. The maximum Gasteiger partial charge on any atom is 0.251 e. The van der Waals surface area contributed by atoms with Gasteiger partial charge in [0.25, 0.3) is 5.91 Å². The first-order valence-corrected chi connectivity index (χ1v) is 7.64. The van der Waals surface area contributed by atoms with Gasteiger partial charge in [-0.3, -0.25) is 4.79 Å². The van der Waals surface area contributed by atoms with E-state index in [0.717, 1.165) is 5.56 Å². The second kappa shape index (κ2) is 7.64. The normalized spacial score (nSPS) is 12.0. The molecule has 0 aliphatic rings. The quantitative estimate of drug-likeness (QED) is 0.874. The van der Waals surface area contributed by atoms with Crippen LogP contribution in [-0.2, 0) is 6.61 Å². The molecule has 0 aliphatic carbocycles. The third kappa shape index (κ3) is 4.62. The Balaban J connectivity index is 1.99. The van der Waals surface area contributed by atoms with Crippen molar-refractivity contribution in [1.82, 2.24) is 5.32 Å². The van der Waals surface area contributed by atoms with Gasteiger partial charge in [0.05, 0.1) is 0 Å². The molecule has 0 fully saturated rings. The molecule has 1 amide bonds. The maximum atomic E-state index is 12.2. The van der Waals surface area contributed by atoms with Crippen LogP contribution >= 0.6 is 0 Å². The minimum Gasteiger partial charge on any atom is -0.489 e. The summed E-state index contributed by atoms with van der Waals surface area (Å²) < 4.78 is 5.76. The molecule has 0 radical (unpaired) electrons. The Morgan fingerprint density at radius 3 is 2.45 bits per heavy atom. The summed E-state index contributed by atoms with van der Waals surface area (Å²) >= 11 is 0. The highest BCUT2D eigenvalue weighted by Crippen LogP contribution is 2.15. The van der Waals surface area contributed by atoms with Crippen LogP contribution in [0.25, 0.3) is 0 Å². The topological polar surface area (TPSA) is 38.3 Å². The number of amides is 1. The van der Waals surface area contributed by atoms with Crippen LogP contribution in [0, 0.1) is 5.92 Å². The first-order valence-electron chi connectivity index (χ1n) is 7.64. The molecule has 0 heterocycles. The van der Waals surface area contributed by atoms with E-state index in [-0.39, 0.29) is 11.9 Å². The van der Waals surface area contributed by atoms with Crippen LogP contribution in [0.15, 0.2) is 54.6 Å². The Morgan fingerprint density at radius 2 is 1.77 bits per heavy atom. The van der Waals surface area contributed by atoms with Crippen molar-refractivity contribution in [2.45, 2.75) is 33.4 Å². The van der Waals surface area contributed by atoms with E-state index in [9.17, 15) is 4.79 Å². The first kappa shape index (κ1) is 16.1. The summed E-state index contributed by atoms with van der Waals surface area (Å²) in [6, 6.07) is 17.4. The molecule has 0 aromatic heterocycles. The van der Waals surface area contributed by atoms with Crippen LogP contribution in [0.1, 0.15) is 36.7 Å². The minimum absolute atomic E-state index is 0.0636. The molecule has 0 saturated carbocycles. The predicted molar refractivity (Wildman–Crippen MR) is 89.0 cm³/mol. The highest BCUT2D eigenvalue weighted by Gasteiger charge is 2.12. The van der Waals surface area contributed by atoms with Gasteiger partial charge in [0, 0.05) is 11.6 Å². The lowest BCUT2D eigenvalue weighted by atomic mass is 10.1. The largest absolute Gasteiger partial charge is 0.489 e. The zero-order chi connectivity index (χ0) is 15.9. The van der Waals surface area contributed by atoms with E-state index in [2.05, 4.69) is 19.2 Å². The highest BCUT2D eigenvalue weighted by molar-refractivity contribution is 5.94. The highest BCUT2D eigenvalue weighted by atomic mass is 16.5. The van der Waals surface area contributed by atoms with E-state index in [0.29, 0.717) is 23.8 Å². The number of ether oxygens (including phenoxy) is 1. The number of carbonyl (C=O) groups is 1. The number of nitrogens with one attached hydrogen (secondary N) is 1. The molecule has 2 aromatic rings. The summed E-state index contributed by atoms with van der Waals surface area (Å²) in [7, 11) is 0. The van der Waals surface area contributed by atoms with Crippen molar-refractivity contribution >= 4 is 5.91 Å². The van der Waals surface area contributed by atoms with Crippen molar-refractivity contribution in [3.8, 4) is 5.75 Å². The SMILES string of the molecule is CC(C)[C@@H](C)NC(=O)c1cccc(OCc2ccccc2)c1. The van der Waals surface area contributed by atoms with Gasteiger partial charge in [0.15, 0.2) is 0 Å². The zero-order valence-electron chi connectivity index (χ0n) is 13.4. The first-order chi connectivity index (χ1) is 10.6. The number of rotatable bonds is 6. The summed E-state index contributed by atoms with van der Waals surface area (Å²) in [6.45, 7) is 6.68. The molecule has 3 nitrogen and oxygen atoms in total. The van der Waals surface area contributed by atoms with Crippen LogP contribution in [0.2, 0.25) is 0 Å². The van der Waals surface area contributed by atoms with Crippen molar-refractivity contribution in [1.29, 1.82) is 0 Å². The van der Waals surface area contributed by atoms with Crippen molar-refractivity contribution in [3.63, 3.8) is 0 Å². The Hall–Kier alpha value is -2.29. The van der Waals surface area contributed by atoms with Gasteiger partial charge in [-0.1, -0.05) is 50.2 Å². The Labute approximate surface area is 132 Å². The van der Waals surface area contributed by atoms with Gasteiger partial charge < -0.3 is 10.1 Å². The maximum absolute atomic E-state index is 12.2. The lowest BCUT2D eigenvalue weighted by Crippen LogP contribution is -2.36. The summed E-state index contributed by atoms with van der Waals surface area (Å²) in [5.74, 6) is 1.04. The molecule has 2 aromatic carbocycles. The zero-order valence-corrected chi connectivity index (χ0v) is 13.4. The summed E-state index contributed by atoms with van der Waals surface area (Å²) in [6.07, 6.45) is 0. The van der Waals surface area contributed by atoms with E-state index < -0.39 is 0 Å². The molecule has 1 atom stereocenters. The number of hydrogen-bond donors (Lipinski definition) is 1. The monoisotopic (exact) mass is 297 g/mol. The lowest BCUT2D eigenvalue weighted by Gasteiger charge is -2.17. The fraction of sp³-hybridized carbons (Fsp3) is 0.316. The van der Waals surface area contributed by atoms with E-state index in [4.69, 9.17) is 4.74 Å².